The topological polar surface area (TPSA) is 86.8 Å². The first kappa shape index (κ1) is 28.2. The second-order valence-electron chi connectivity index (χ2n) is 7.95. The van der Waals surface area contributed by atoms with Crippen molar-refractivity contribution in [1.82, 2.24) is 10.2 Å². The van der Waals surface area contributed by atoms with Crippen molar-refractivity contribution in [3.8, 4) is 0 Å². The first-order chi connectivity index (χ1) is 15.9. The molecule has 0 heterocycles. The fraction of sp³-hybridized carbons (Fsp3) is 0.391. The Kier molecular flexibility index (Phi) is 10.1. The molecule has 0 spiro atoms. The van der Waals surface area contributed by atoms with Crippen LogP contribution in [0.25, 0.3) is 0 Å². The van der Waals surface area contributed by atoms with Crippen molar-refractivity contribution in [1.29, 1.82) is 0 Å². The van der Waals surface area contributed by atoms with Gasteiger partial charge in [-0.1, -0.05) is 66.0 Å². The highest BCUT2D eigenvalue weighted by molar-refractivity contribution is 7.92. The van der Waals surface area contributed by atoms with E-state index in [0.717, 1.165) is 10.6 Å². The minimum Gasteiger partial charge on any atom is -0.352 e. The zero-order chi connectivity index (χ0) is 25.6. The van der Waals surface area contributed by atoms with Gasteiger partial charge in [0.15, 0.2) is 0 Å². The smallest absolute Gasteiger partial charge is 0.244 e. The number of nitrogens with zero attached hydrogens (tertiary/aromatic N) is 2. The van der Waals surface area contributed by atoms with Crippen molar-refractivity contribution >= 4 is 62.3 Å². The second-order valence-corrected chi connectivity index (χ2v) is 11.0. The van der Waals surface area contributed by atoms with Crippen LogP contribution in [0.15, 0.2) is 42.5 Å². The number of hydrogen-bond donors (Lipinski definition) is 1. The molecule has 11 heteroatoms. The molecule has 0 aliphatic carbocycles. The minimum atomic E-state index is -3.92. The summed E-state index contributed by atoms with van der Waals surface area (Å²) in [5, 5.41) is 3.43. The lowest BCUT2D eigenvalue weighted by atomic mass is 10.1. The van der Waals surface area contributed by atoms with Crippen LogP contribution in [-0.4, -0.2) is 50.0 Å². The van der Waals surface area contributed by atoms with Crippen LogP contribution in [0.4, 0.5) is 5.69 Å². The molecule has 2 amide bonds. The van der Waals surface area contributed by atoms with Gasteiger partial charge in [0.1, 0.15) is 12.6 Å². The van der Waals surface area contributed by atoms with Crippen molar-refractivity contribution in [2.45, 2.75) is 45.8 Å². The van der Waals surface area contributed by atoms with E-state index < -0.39 is 28.5 Å². The van der Waals surface area contributed by atoms with E-state index >= 15 is 0 Å². The Morgan fingerprint density at radius 3 is 2.21 bits per heavy atom. The maximum atomic E-state index is 13.5. The summed E-state index contributed by atoms with van der Waals surface area (Å²) in [6, 6.07) is 10.5. The van der Waals surface area contributed by atoms with E-state index in [9.17, 15) is 18.0 Å². The molecular formula is C23H28Cl3N3O4S. The monoisotopic (exact) mass is 547 g/mol. The van der Waals surface area contributed by atoms with E-state index in [4.69, 9.17) is 34.8 Å². The molecule has 7 nitrogen and oxygen atoms in total. The molecule has 34 heavy (non-hydrogen) atoms. The average molecular weight is 549 g/mol. The maximum absolute atomic E-state index is 13.5. The van der Waals surface area contributed by atoms with Crippen LogP contribution in [0.3, 0.4) is 0 Å². The van der Waals surface area contributed by atoms with Crippen LogP contribution in [0.2, 0.25) is 15.1 Å². The number of anilines is 1. The number of carbonyl (C=O) groups excluding carboxylic acids is 2. The van der Waals surface area contributed by atoms with Gasteiger partial charge in [0, 0.05) is 17.6 Å². The molecule has 0 aromatic heterocycles. The van der Waals surface area contributed by atoms with Gasteiger partial charge in [0.05, 0.1) is 22.0 Å². The highest BCUT2D eigenvalue weighted by Crippen LogP contribution is 2.33. The molecular weight excluding hydrogens is 521 g/mol. The summed E-state index contributed by atoms with van der Waals surface area (Å²) in [6.45, 7) is 4.81. The van der Waals surface area contributed by atoms with Crippen molar-refractivity contribution in [3.63, 3.8) is 0 Å². The van der Waals surface area contributed by atoms with E-state index in [2.05, 4.69) is 5.32 Å². The zero-order valence-corrected chi connectivity index (χ0v) is 22.5. The number of amides is 2. The van der Waals surface area contributed by atoms with Crippen molar-refractivity contribution in [2.75, 3.05) is 17.1 Å². The molecule has 2 aromatic carbocycles. The van der Waals surface area contributed by atoms with Crippen LogP contribution >= 0.6 is 34.8 Å². The van der Waals surface area contributed by atoms with Gasteiger partial charge >= 0.3 is 0 Å². The molecule has 1 N–H and O–H groups in total. The Balaban J connectivity index is 2.45. The summed E-state index contributed by atoms with van der Waals surface area (Å²) in [6.07, 6.45) is 1.68. The Bertz CT molecular complexity index is 1140. The van der Waals surface area contributed by atoms with Gasteiger partial charge in [-0.15, -0.1) is 0 Å². The molecule has 186 valence electrons. The molecule has 0 fully saturated rings. The van der Waals surface area contributed by atoms with Crippen LogP contribution < -0.4 is 9.62 Å². The predicted molar refractivity (Wildman–Crippen MR) is 138 cm³/mol. The molecule has 0 bridgehead atoms. The molecule has 0 radical (unpaired) electrons. The van der Waals surface area contributed by atoms with Crippen molar-refractivity contribution < 1.29 is 18.0 Å². The summed E-state index contributed by atoms with van der Waals surface area (Å²) in [5.41, 5.74) is 0.687. The molecule has 0 unspecified atom stereocenters. The number of halogens is 3. The number of sulfonamides is 1. The third-order valence-electron chi connectivity index (χ3n) is 5.35. The minimum absolute atomic E-state index is 0.00241. The Morgan fingerprint density at radius 1 is 1.00 bits per heavy atom. The standard InChI is InChI=1S/C23H28Cl3N3O4S/c1-5-15(2)27-23(31)16(3)28(13-17-9-6-7-10-18(17)24)21(30)14-29(34(4,32)33)20-12-8-11-19(25)22(20)26/h6-12,15-16H,5,13-14H2,1-4H3,(H,27,31)/t15-,16-/m1/s1. The molecule has 0 aliphatic rings. The quantitative estimate of drug-likeness (QED) is 0.464. The Morgan fingerprint density at radius 2 is 1.62 bits per heavy atom. The summed E-state index contributed by atoms with van der Waals surface area (Å²) in [4.78, 5) is 27.7. The normalized spacial score (nSPS) is 13.1. The Hall–Kier alpha value is -2.00. The third kappa shape index (κ3) is 7.25. The largest absolute Gasteiger partial charge is 0.352 e. The van der Waals surface area contributed by atoms with E-state index in [1.807, 2.05) is 13.8 Å². The zero-order valence-electron chi connectivity index (χ0n) is 19.4. The van der Waals surface area contributed by atoms with E-state index in [1.165, 1.54) is 23.1 Å². The number of nitrogens with one attached hydrogen (secondary N) is 1. The third-order valence-corrected chi connectivity index (χ3v) is 7.65. The Labute approximate surface area is 216 Å². The maximum Gasteiger partial charge on any atom is 0.244 e. The summed E-state index contributed by atoms with van der Waals surface area (Å²) in [7, 11) is -3.92. The van der Waals surface area contributed by atoms with Crippen LogP contribution in [-0.2, 0) is 26.2 Å². The molecule has 2 rings (SSSR count). The van der Waals surface area contributed by atoms with Gasteiger partial charge in [-0.25, -0.2) is 8.42 Å². The van der Waals surface area contributed by atoms with Crippen LogP contribution in [0.5, 0.6) is 0 Å². The van der Waals surface area contributed by atoms with Crippen molar-refractivity contribution in [2.24, 2.45) is 0 Å². The molecule has 0 saturated carbocycles. The van der Waals surface area contributed by atoms with Gasteiger partial charge in [-0.05, 0) is 44.0 Å². The fourth-order valence-corrected chi connectivity index (χ4v) is 4.64. The van der Waals surface area contributed by atoms with Crippen LogP contribution in [0, 0.1) is 0 Å². The molecule has 0 saturated heterocycles. The number of rotatable bonds is 10. The highest BCUT2D eigenvalue weighted by Gasteiger charge is 2.31. The predicted octanol–water partition coefficient (Wildman–Crippen LogP) is 4.74. The van der Waals surface area contributed by atoms with E-state index in [0.29, 0.717) is 17.0 Å². The summed E-state index contributed by atoms with van der Waals surface area (Å²) in [5.74, 6) is -0.963. The lowest BCUT2D eigenvalue weighted by Gasteiger charge is -2.32. The summed E-state index contributed by atoms with van der Waals surface area (Å²) >= 11 is 18.6. The van der Waals surface area contributed by atoms with Gasteiger partial charge in [0.2, 0.25) is 21.8 Å². The molecule has 2 atom stereocenters. The van der Waals surface area contributed by atoms with Gasteiger partial charge in [-0.3, -0.25) is 13.9 Å². The highest BCUT2D eigenvalue weighted by atomic mass is 35.5. The van der Waals surface area contributed by atoms with E-state index in [1.54, 1.807) is 31.2 Å². The van der Waals surface area contributed by atoms with Gasteiger partial charge < -0.3 is 10.2 Å². The summed E-state index contributed by atoms with van der Waals surface area (Å²) < 4.78 is 26.1. The molecule has 2 aromatic rings. The van der Waals surface area contributed by atoms with Gasteiger partial charge in [-0.2, -0.15) is 0 Å². The van der Waals surface area contributed by atoms with Crippen molar-refractivity contribution in [3.05, 3.63) is 63.1 Å². The molecule has 0 aliphatic heterocycles. The lowest BCUT2D eigenvalue weighted by molar-refractivity contribution is -0.139. The van der Waals surface area contributed by atoms with Gasteiger partial charge in [0.25, 0.3) is 0 Å². The second kappa shape index (κ2) is 12.1. The fourth-order valence-electron chi connectivity index (χ4n) is 3.14. The SMILES string of the molecule is CC[C@@H](C)NC(=O)[C@@H](C)N(Cc1ccccc1Cl)C(=O)CN(c1cccc(Cl)c1Cl)S(C)(=O)=O. The number of carbonyl (C=O) groups is 2. The average Bonchev–Trinajstić information content (AvgIpc) is 2.77. The lowest BCUT2D eigenvalue weighted by Crippen LogP contribution is -2.52. The van der Waals surface area contributed by atoms with E-state index in [-0.39, 0.29) is 34.2 Å². The first-order valence-electron chi connectivity index (χ1n) is 10.6. The number of hydrogen-bond acceptors (Lipinski definition) is 4. The number of benzene rings is 2. The van der Waals surface area contributed by atoms with Crippen LogP contribution in [0.1, 0.15) is 32.8 Å². The first-order valence-corrected chi connectivity index (χ1v) is 13.6.